The standard InChI is InChI=1S/C20H22O7/c1-26-17-6-10(3-4-15(17)22)19-12-8-16(23)18(27-2)7-11(12)5-13(20(24)25)14(19)9-21/h3-4,6-8,13-14,19,21-23H,5,9H2,1-2H3,(H,24,25)/t13-,14+,19+/m1/s1. The number of hydrogen-bond donors (Lipinski definition) is 4. The van der Waals surface area contributed by atoms with E-state index in [-0.39, 0.29) is 36.0 Å². The maximum atomic E-state index is 11.9. The molecule has 7 heteroatoms. The van der Waals surface area contributed by atoms with Gasteiger partial charge in [0.2, 0.25) is 0 Å². The minimum absolute atomic E-state index is 0.0369. The Balaban J connectivity index is 2.22. The first-order chi connectivity index (χ1) is 12.9. The molecule has 0 fully saturated rings. The van der Waals surface area contributed by atoms with E-state index in [1.165, 1.54) is 20.3 Å². The summed E-state index contributed by atoms with van der Waals surface area (Å²) in [6, 6.07) is 7.95. The summed E-state index contributed by atoms with van der Waals surface area (Å²) in [6.45, 7) is -0.336. The topological polar surface area (TPSA) is 116 Å². The third kappa shape index (κ3) is 3.26. The van der Waals surface area contributed by atoms with E-state index in [0.717, 1.165) is 11.1 Å². The number of hydrogen-bond acceptors (Lipinski definition) is 6. The number of phenols is 2. The van der Waals surface area contributed by atoms with Crippen LogP contribution >= 0.6 is 0 Å². The van der Waals surface area contributed by atoms with Crippen molar-refractivity contribution in [3.05, 3.63) is 47.0 Å². The van der Waals surface area contributed by atoms with Gasteiger partial charge in [0, 0.05) is 18.4 Å². The van der Waals surface area contributed by atoms with Crippen LogP contribution in [0.3, 0.4) is 0 Å². The largest absolute Gasteiger partial charge is 0.504 e. The van der Waals surface area contributed by atoms with Crippen LogP contribution in [0.5, 0.6) is 23.0 Å². The first-order valence-corrected chi connectivity index (χ1v) is 8.51. The predicted octanol–water partition coefficient (Wildman–Crippen LogP) is 2.11. The number of aliphatic hydroxyl groups is 1. The second-order valence-corrected chi connectivity index (χ2v) is 6.63. The summed E-state index contributed by atoms with van der Waals surface area (Å²) in [5.41, 5.74) is 2.14. The fraction of sp³-hybridized carbons (Fsp3) is 0.350. The zero-order chi connectivity index (χ0) is 19.7. The zero-order valence-corrected chi connectivity index (χ0v) is 15.0. The Labute approximate surface area is 156 Å². The maximum absolute atomic E-state index is 11.9. The maximum Gasteiger partial charge on any atom is 0.307 e. The molecule has 0 saturated heterocycles. The first kappa shape index (κ1) is 18.8. The monoisotopic (exact) mass is 374 g/mol. The van der Waals surface area contributed by atoms with Crippen molar-refractivity contribution >= 4 is 5.97 Å². The number of aromatic hydroxyl groups is 2. The van der Waals surface area contributed by atoms with Crippen LogP contribution in [0.15, 0.2) is 30.3 Å². The Morgan fingerprint density at radius 2 is 1.74 bits per heavy atom. The van der Waals surface area contributed by atoms with E-state index in [1.54, 1.807) is 24.3 Å². The van der Waals surface area contributed by atoms with E-state index in [4.69, 9.17) is 9.47 Å². The van der Waals surface area contributed by atoms with Crippen molar-refractivity contribution in [3.8, 4) is 23.0 Å². The molecule has 0 aromatic heterocycles. The van der Waals surface area contributed by atoms with Crippen LogP contribution in [0, 0.1) is 11.8 Å². The van der Waals surface area contributed by atoms with Gasteiger partial charge in [0.1, 0.15) is 0 Å². The van der Waals surface area contributed by atoms with Gasteiger partial charge in [0.15, 0.2) is 23.0 Å². The lowest BCUT2D eigenvalue weighted by atomic mass is 9.66. The van der Waals surface area contributed by atoms with Crippen molar-refractivity contribution in [2.45, 2.75) is 12.3 Å². The predicted molar refractivity (Wildman–Crippen MR) is 96.6 cm³/mol. The van der Waals surface area contributed by atoms with Crippen molar-refractivity contribution in [1.29, 1.82) is 0 Å². The molecule has 4 N–H and O–H groups in total. The number of carboxylic acids is 1. The highest BCUT2D eigenvalue weighted by Gasteiger charge is 2.41. The van der Waals surface area contributed by atoms with Crippen molar-refractivity contribution in [2.24, 2.45) is 11.8 Å². The Morgan fingerprint density at radius 1 is 1.07 bits per heavy atom. The van der Waals surface area contributed by atoms with Crippen molar-refractivity contribution in [3.63, 3.8) is 0 Å². The average Bonchev–Trinajstić information content (AvgIpc) is 2.66. The highest BCUT2D eigenvalue weighted by Crippen LogP contribution is 2.47. The quantitative estimate of drug-likeness (QED) is 0.633. The average molecular weight is 374 g/mol. The molecule has 27 heavy (non-hydrogen) atoms. The Hall–Kier alpha value is -2.93. The molecule has 0 heterocycles. The van der Waals surface area contributed by atoms with Gasteiger partial charge in [-0.1, -0.05) is 6.07 Å². The summed E-state index contributed by atoms with van der Waals surface area (Å²) in [5.74, 6) is -2.47. The Bertz CT molecular complexity index is 862. The summed E-state index contributed by atoms with van der Waals surface area (Å²) >= 11 is 0. The fourth-order valence-corrected chi connectivity index (χ4v) is 3.93. The van der Waals surface area contributed by atoms with Crippen molar-refractivity contribution in [2.75, 3.05) is 20.8 Å². The SMILES string of the molecule is COc1cc([C@H]2c3cc(O)c(OC)cc3C[C@@H](C(=O)O)[C@@H]2CO)ccc1O. The molecule has 0 saturated carbocycles. The zero-order valence-electron chi connectivity index (χ0n) is 15.0. The second kappa shape index (κ2) is 7.36. The van der Waals surface area contributed by atoms with Crippen molar-refractivity contribution < 1.29 is 34.7 Å². The molecule has 0 radical (unpaired) electrons. The second-order valence-electron chi connectivity index (χ2n) is 6.63. The van der Waals surface area contributed by atoms with Crippen LogP contribution in [0.4, 0.5) is 0 Å². The number of methoxy groups -OCH3 is 2. The van der Waals surface area contributed by atoms with Crippen LogP contribution in [0.1, 0.15) is 22.6 Å². The van der Waals surface area contributed by atoms with Crippen LogP contribution < -0.4 is 9.47 Å². The fourth-order valence-electron chi connectivity index (χ4n) is 3.93. The van der Waals surface area contributed by atoms with E-state index in [0.29, 0.717) is 5.56 Å². The molecule has 2 aromatic rings. The minimum atomic E-state index is -0.998. The molecule has 7 nitrogen and oxygen atoms in total. The van der Waals surface area contributed by atoms with Gasteiger partial charge >= 0.3 is 5.97 Å². The summed E-state index contributed by atoms with van der Waals surface area (Å²) in [6.07, 6.45) is 0.220. The van der Waals surface area contributed by atoms with Crippen LogP contribution in [-0.4, -0.2) is 47.2 Å². The lowest BCUT2D eigenvalue weighted by Gasteiger charge is -2.37. The number of ether oxygens (including phenoxy) is 2. The molecule has 3 rings (SSSR count). The number of rotatable bonds is 5. The highest BCUT2D eigenvalue weighted by molar-refractivity contribution is 5.72. The number of aliphatic carboxylic acids is 1. The molecule has 1 aliphatic carbocycles. The summed E-state index contributed by atoms with van der Waals surface area (Å²) in [4.78, 5) is 11.9. The Morgan fingerprint density at radius 3 is 2.33 bits per heavy atom. The van der Waals surface area contributed by atoms with Crippen LogP contribution in [-0.2, 0) is 11.2 Å². The number of aliphatic hydroxyl groups excluding tert-OH is 1. The lowest BCUT2D eigenvalue weighted by Crippen LogP contribution is -2.37. The third-order valence-corrected chi connectivity index (χ3v) is 5.25. The van der Waals surface area contributed by atoms with Crippen LogP contribution in [0.25, 0.3) is 0 Å². The lowest BCUT2D eigenvalue weighted by molar-refractivity contribution is -0.144. The van der Waals surface area contributed by atoms with E-state index >= 15 is 0 Å². The van der Waals surface area contributed by atoms with Crippen molar-refractivity contribution in [1.82, 2.24) is 0 Å². The van der Waals surface area contributed by atoms with E-state index < -0.39 is 23.7 Å². The molecule has 0 amide bonds. The number of phenolic OH excluding ortho intramolecular Hbond substituents is 2. The molecular formula is C20H22O7. The van der Waals surface area contributed by atoms with Crippen LogP contribution in [0.2, 0.25) is 0 Å². The molecule has 0 aliphatic heterocycles. The molecule has 1 aliphatic rings. The number of carbonyl (C=O) groups is 1. The normalized spacial score (nSPS) is 21.4. The summed E-state index contributed by atoms with van der Waals surface area (Å²) < 4.78 is 10.3. The van der Waals surface area contributed by atoms with Gasteiger partial charge in [-0.15, -0.1) is 0 Å². The summed E-state index contributed by atoms with van der Waals surface area (Å²) in [7, 11) is 2.85. The molecule has 0 spiro atoms. The van der Waals surface area contributed by atoms with Gasteiger partial charge in [-0.25, -0.2) is 0 Å². The molecule has 3 atom stereocenters. The molecule has 2 aromatic carbocycles. The smallest absolute Gasteiger partial charge is 0.307 e. The van der Waals surface area contributed by atoms with Gasteiger partial charge in [0.05, 0.1) is 20.1 Å². The molecule has 144 valence electrons. The minimum Gasteiger partial charge on any atom is -0.504 e. The van der Waals surface area contributed by atoms with E-state index in [9.17, 15) is 25.2 Å². The first-order valence-electron chi connectivity index (χ1n) is 8.51. The van der Waals surface area contributed by atoms with Gasteiger partial charge < -0.3 is 29.9 Å². The highest BCUT2D eigenvalue weighted by atomic mass is 16.5. The van der Waals surface area contributed by atoms with E-state index in [1.807, 2.05) is 0 Å². The number of fused-ring (bicyclic) bond motifs is 1. The summed E-state index contributed by atoms with van der Waals surface area (Å²) in [5, 5.41) is 39.8. The van der Waals surface area contributed by atoms with Gasteiger partial charge in [-0.05, 0) is 47.4 Å². The third-order valence-electron chi connectivity index (χ3n) is 5.25. The van der Waals surface area contributed by atoms with E-state index in [2.05, 4.69) is 0 Å². The Kier molecular flexibility index (Phi) is 5.14. The molecular weight excluding hydrogens is 352 g/mol. The van der Waals surface area contributed by atoms with Gasteiger partial charge in [-0.3, -0.25) is 4.79 Å². The number of carboxylic acid groups (broad SMARTS) is 1. The number of benzene rings is 2. The van der Waals surface area contributed by atoms with Gasteiger partial charge in [0.25, 0.3) is 0 Å². The van der Waals surface area contributed by atoms with Gasteiger partial charge in [-0.2, -0.15) is 0 Å². The molecule has 0 bridgehead atoms. The molecule has 0 unspecified atom stereocenters.